The SMILES string of the molecule is CC(c1ccc(Cl)cc1Cl)N(C)C(=O)CCC(=O)N1CCOc2ccccc21. The number of hydrogen-bond acceptors (Lipinski definition) is 3. The monoisotopic (exact) mass is 420 g/mol. The third-order valence-corrected chi connectivity index (χ3v) is 5.53. The molecule has 3 rings (SSSR count). The third-order valence-electron chi connectivity index (χ3n) is 4.97. The Morgan fingerprint density at radius 2 is 1.93 bits per heavy atom. The van der Waals surface area contributed by atoms with Gasteiger partial charge in [-0.05, 0) is 36.8 Å². The number of rotatable bonds is 5. The maximum Gasteiger partial charge on any atom is 0.227 e. The molecule has 0 bridgehead atoms. The summed E-state index contributed by atoms with van der Waals surface area (Å²) in [6.45, 7) is 2.83. The zero-order valence-corrected chi connectivity index (χ0v) is 17.3. The Morgan fingerprint density at radius 1 is 1.18 bits per heavy atom. The van der Waals surface area contributed by atoms with Crippen LogP contribution in [0.15, 0.2) is 42.5 Å². The highest BCUT2D eigenvalue weighted by Gasteiger charge is 2.25. The van der Waals surface area contributed by atoms with Crippen molar-refractivity contribution in [1.29, 1.82) is 0 Å². The van der Waals surface area contributed by atoms with Crippen LogP contribution in [0.3, 0.4) is 0 Å². The summed E-state index contributed by atoms with van der Waals surface area (Å²) in [6, 6.07) is 12.4. The van der Waals surface area contributed by atoms with Crippen LogP contribution in [-0.4, -0.2) is 36.9 Å². The van der Waals surface area contributed by atoms with E-state index in [4.69, 9.17) is 27.9 Å². The predicted molar refractivity (Wildman–Crippen MR) is 111 cm³/mol. The lowest BCUT2D eigenvalue weighted by atomic mass is 10.1. The van der Waals surface area contributed by atoms with Gasteiger partial charge in [0.1, 0.15) is 12.4 Å². The van der Waals surface area contributed by atoms with Gasteiger partial charge in [0.15, 0.2) is 0 Å². The first-order chi connectivity index (χ1) is 13.4. The Hall–Kier alpha value is -2.24. The van der Waals surface area contributed by atoms with E-state index in [0.29, 0.717) is 28.9 Å². The predicted octanol–water partition coefficient (Wildman–Crippen LogP) is 4.72. The molecule has 1 aliphatic rings. The number of carbonyl (C=O) groups excluding carboxylic acids is 2. The maximum absolute atomic E-state index is 12.7. The molecule has 1 aliphatic heterocycles. The minimum Gasteiger partial charge on any atom is -0.490 e. The Morgan fingerprint density at radius 3 is 2.68 bits per heavy atom. The fourth-order valence-electron chi connectivity index (χ4n) is 3.22. The first-order valence-corrected chi connectivity index (χ1v) is 9.87. The number of hydrogen-bond donors (Lipinski definition) is 0. The van der Waals surface area contributed by atoms with Gasteiger partial charge in [-0.1, -0.05) is 41.4 Å². The van der Waals surface area contributed by atoms with Gasteiger partial charge >= 0.3 is 0 Å². The first kappa shape index (κ1) is 20.5. The van der Waals surface area contributed by atoms with Gasteiger partial charge in [0.05, 0.1) is 18.3 Å². The lowest BCUT2D eigenvalue weighted by molar-refractivity contribution is -0.133. The number of fused-ring (bicyclic) bond motifs is 1. The molecule has 1 atom stereocenters. The fraction of sp³-hybridized carbons (Fsp3) is 0.333. The second kappa shape index (κ2) is 8.84. The van der Waals surface area contributed by atoms with Crippen LogP contribution in [0.1, 0.15) is 31.4 Å². The van der Waals surface area contributed by atoms with Gasteiger partial charge in [-0.3, -0.25) is 9.59 Å². The molecule has 0 saturated carbocycles. The van der Waals surface area contributed by atoms with Gasteiger partial charge in [0.2, 0.25) is 11.8 Å². The number of benzene rings is 2. The normalized spacial score (nSPS) is 14.1. The van der Waals surface area contributed by atoms with E-state index in [9.17, 15) is 9.59 Å². The van der Waals surface area contributed by atoms with E-state index < -0.39 is 0 Å². The van der Waals surface area contributed by atoms with Crippen molar-refractivity contribution in [2.75, 3.05) is 25.1 Å². The Balaban J connectivity index is 1.61. The van der Waals surface area contributed by atoms with E-state index >= 15 is 0 Å². The molecule has 0 fully saturated rings. The molecular weight excluding hydrogens is 399 g/mol. The fourth-order valence-corrected chi connectivity index (χ4v) is 3.79. The van der Waals surface area contributed by atoms with Gasteiger partial charge in [0.25, 0.3) is 0 Å². The summed E-state index contributed by atoms with van der Waals surface area (Å²) in [7, 11) is 1.71. The van der Waals surface area contributed by atoms with Crippen molar-refractivity contribution in [1.82, 2.24) is 4.90 Å². The third kappa shape index (κ3) is 4.42. The molecule has 28 heavy (non-hydrogen) atoms. The van der Waals surface area contributed by atoms with Crippen LogP contribution < -0.4 is 9.64 Å². The molecule has 0 aliphatic carbocycles. The zero-order valence-electron chi connectivity index (χ0n) is 15.8. The number of amides is 2. The maximum atomic E-state index is 12.7. The van der Waals surface area contributed by atoms with Crippen LogP contribution in [0.25, 0.3) is 0 Å². The van der Waals surface area contributed by atoms with E-state index in [-0.39, 0.29) is 30.7 Å². The van der Waals surface area contributed by atoms with E-state index in [2.05, 4.69) is 0 Å². The summed E-state index contributed by atoms with van der Waals surface area (Å²) in [5.41, 5.74) is 1.57. The highest BCUT2D eigenvalue weighted by molar-refractivity contribution is 6.35. The van der Waals surface area contributed by atoms with Gasteiger partial charge in [-0.25, -0.2) is 0 Å². The highest BCUT2D eigenvalue weighted by Crippen LogP contribution is 2.32. The average molecular weight is 421 g/mol. The van der Waals surface area contributed by atoms with Crippen LogP contribution in [0.5, 0.6) is 5.75 Å². The summed E-state index contributed by atoms with van der Waals surface area (Å²) in [5, 5.41) is 1.06. The van der Waals surface area contributed by atoms with Crippen molar-refractivity contribution < 1.29 is 14.3 Å². The van der Waals surface area contributed by atoms with Crippen molar-refractivity contribution in [3.8, 4) is 5.75 Å². The van der Waals surface area contributed by atoms with Crippen molar-refractivity contribution in [2.45, 2.75) is 25.8 Å². The summed E-state index contributed by atoms with van der Waals surface area (Å²) in [6.07, 6.45) is 0.267. The minimum absolute atomic E-state index is 0.0883. The van der Waals surface area contributed by atoms with Crippen LogP contribution in [-0.2, 0) is 9.59 Å². The molecule has 1 unspecified atom stereocenters. The molecule has 2 aromatic carbocycles. The number of halogens is 2. The smallest absolute Gasteiger partial charge is 0.227 e. The standard InChI is InChI=1S/C21H22Cl2N2O3/c1-14(16-8-7-15(22)13-17(16)23)24(2)20(26)9-10-21(27)25-11-12-28-19-6-4-3-5-18(19)25/h3-8,13-14H,9-12H2,1-2H3. The van der Waals surface area contributed by atoms with Crippen LogP contribution >= 0.6 is 23.2 Å². The Labute approximate surface area is 174 Å². The first-order valence-electron chi connectivity index (χ1n) is 9.11. The van der Waals surface area contributed by atoms with Gasteiger partial charge in [0, 0.05) is 29.9 Å². The number of para-hydroxylation sites is 2. The minimum atomic E-state index is -0.225. The molecule has 5 nitrogen and oxygen atoms in total. The topological polar surface area (TPSA) is 49.9 Å². The highest BCUT2D eigenvalue weighted by atomic mass is 35.5. The molecule has 1 heterocycles. The lowest BCUT2D eigenvalue weighted by Crippen LogP contribution is -2.38. The van der Waals surface area contributed by atoms with Gasteiger partial charge in [-0.2, -0.15) is 0 Å². The van der Waals surface area contributed by atoms with Crippen LogP contribution in [0.4, 0.5) is 5.69 Å². The summed E-state index contributed by atoms with van der Waals surface area (Å²) in [5.74, 6) is 0.486. The van der Waals surface area contributed by atoms with Crippen molar-refractivity contribution in [3.05, 3.63) is 58.1 Å². The van der Waals surface area contributed by atoms with Crippen molar-refractivity contribution in [3.63, 3.8) is 0 Å². The van der Waals surface area contributed by atoms with E-state index in [0.717, 1.165) is 11.3 Å². The summed E-state index contributed by atoms with van der Waals surface area (Å²) < 4.78 is 5.58. The molecule has 7 heteroatoms. The second-order valence-electron chi connectivity index (χ2n) is 6.71. The largest absolute Gasteiger partial charge is 0.490 e. The van der Waals surface area contributed by atoms with Crippen LogP contribution in [0.2, 0.25) is 10.0 Å². The lowest BCUT2D eigenvalue weighted by Gasteiger charge is -2.30. The van der Waals surface area contributed by atoms with Crippen molar-refractivity contribution >= 4 is 40.7 Å². The number of anilines is 1. The molecule has 0 aromatic heterocycles. The molecule has 0 radical (unpaired) electrons. The number of carbonyl (C=O) groups is 2. The molecular formula is C21H22Cl2N2O3. The van der Waals surface area contributed by atoms with E-state index in [1.165, 1.54) is 0 Å². The summed E-state index contributed by atoms with van der Waals surface area (Å²) >= 11 is 12.2. The average Bonchev–Trinajstić information content (AvgIpc) is 2.70. The van der Waals surface area contributed by atoms with Crippen LogP contribution in [0, 0.1) is 0 Å². The molecule has 148 valence electrons. The Bertz CT molecular complexity index is 888. The molecule has 2 aromatic rings. The quantitative estimate of drug-likeness (QED) is 0.702. The van der Waals surface area contributed by atoms with Crippen molar-refractivity contribution in [2.24, 2.45) is 0 Å². The van der Waals surface area contributed by atoms with E-state index in [1.807, 2.05) is 37.3 Å². The molecule has 0 saturated heterocycles. The summed E-state index contributed by atoms with van der Waals surface area (Å²) in [4.78, 5) is 28.6. The molecule has 0 spiro atoms. The zero-order chi connectivity index (χ0) is 20.3. The van der Waals surface area contributed by atoms with Gasteiger partial charge in [-0.15, -0.1) is 0 Å². The molecule has 2 amide bonds. The molecule has 0 N–H and O–H groups in total. The number of nitrogens with zero attached hydrogens (tertiary/aromatic N) is 2. The van der Waals surface area contributed by atoms with Gasteiger partial charge < -0.3 is 14.5 Å². The Kier molecular flexibility index (Phi) is 6.47. The number of ether oxygens (including phenoxy) is 1. The second-order valence-corrected chi connectivity index (χ2v) is 7.55. The van der Waals surface area contributed by atoms with E-state index in [1.54, 1.807) is 29.0 Å².